The average molecular weight is 328 g/mol. The maximum atomic E-state index is 11.3. The van der Waals surface area contributed by atoms with E-state index in [2.05, 4.69) is 0 Å². The number of benzene rings is 1. The van der Waals surface area contributed by atoms with Crippen molar-refractivity contribution in [3.63, 3.8) is 0 Å². The third-order valence-electron chi connectivity index (χ3n) is 3.06. The van der Waals surface area contributed by atoms with Crippen LogP contribution in [0.5, 0.6) is 5.75 Å². The van der Waals surface area contributed by atoms with Gasteiger partial charge in [-0.3, -0.25) is 20.2 Å². The molecule has 0 bridgehead atoms. The van der Waals surface area contributed by atoms with Gasteiger partial charge in [-0.1, -0.05) is 20.8 Å². The molecule has 1 N–H and O–H groups in total. The van der Waals surface area contributed by atoms with Gasteiger partial charge in [-0.25, -0.2) is 0 Å². The van der Waals surface area contributed by atoms with Gasteiger partial charge < -0.3 is 14.6 Å². The van der Waals surface area contributed by atoms with Crippen LogP contribution in [-0.2, 0) is 10.2 Å². The highest BCUT2D eigenvalue weighted by atomic mass is 16.7. The molecule has 1 unspecified atom stereocenters. The molecule has 1 atom stereocenters. The minimum absolute atomic E-state index is 0.174. The molecule has 0 aliphatic heterocycles. The second-order valence-corrected chi connectivity index (χ2v) is 5.79. The van der Waals surface area contributed by atoms with Crippen LogP contribution in [0.15, 0.2) is 12.1 Å². The summed E-state index contributed by atoms with van der Waals surface area (Å²) in [7, 11) is 0. The van der Waals surface area contributed by atoms with Crippen molar-refractivity contribution in [1.82, 2.24) is 0 Å². The summed E-state index contributed by atoms with van der Waals surface area (Å²) in [6, 6.07) is 2.48. The molecule has 9 heteroatoms. The van der Waals surface area contributed by atoms with Crippen molar-refractivity contribution in [1.29, 1.82) is 0 Å². The minimum atomic E-state index is -1.22. The fraction of sp³-hybridized carbons (Fsp3) is 0.571. The van der Waals surface area contributed by atoms with E-state index in [9.17, 15) is 25.3 Å². The van der Waals surface area contributed by atoms with Gasteiger partial charge in [0, 0.05) is 18.7 Å². The number of ether oxygens (including phenoxy) is 2. The van der Waals surface area contributed by atoms with Crippen LogP contribution < -0.4 is 4.74 Å². The van der Waals surface area contributed by atoms with Crippen LogP contribution >= 0.6 is 0 Å². The van der Waals surface area contributed by atoms with E-state index in [1.165, 1.54) is 12.1 Å². The van der Waals surface area contributed by atoms with E-state index in [0.29, 0.717) is 5.56 Å². The summed E-state index contributed by atoms with van der Waals surface area (Å²) in [4.78, 5) is 21.1. The number of aliphatic hydroxyl groups is 1. The lowest BCUT2D eigenvalue weighted by molar-refractivity contribution is -0.397. The number of nitro groups is 2. The minimum Gasteiger partial charge on any atom is -0.450 e. The molecule has 0 fully saturated rings. The Kier molecular flexibility index (Phi) is 5.99. The van der Waals surface area contributed by atoms with E-state index in [1.807, 2.05) is 0 Å². The third kappa shape index (κ3) is 4.60. The number of nitro benzene ring substituents is 2. The predicted octanol–water partition coefficient (Wildman–Crippen LogP) is 2.53. The Bertz CT molecular complexity index is 560. The van der Waals surface area contributed by atoms with Crippen LogP contribution in [-0.4, -0.2) is 34.5 Å². The highest BCUT2D eigenvalue weighted by molar-refractivity contribution is 5.63. The summed E-state index contributed by atoms with van der Waals surface area (Å²) in [5.41, 5.74) is -1.17. The Morgan fingerprint density at radius 2 is 1.65 bits per heavy atom. The first-order valence-electron chi connectivity index (χ1n) is 6.98. The van der Waals surface area contributed by atoms with Crippen molar-refractivity contribution in [2.24, 2.45) is 0 Å². The first-order valence-corrected chi connectivity index (χ1v) is 6.98. The molecule has 0 aliphatic rings. The highest BCUT2D eigenvalue weighted by Crippen LogP contribution is 2.41. The van der Waals surface area contributed by atoms with Gasteiger partial charge in [0.05, 0.1) is 9.85 Å². The molecule has 0 saturated carbocycles. The van der Waals surface area contributed by atoms with Gasteiger partial charge in [-0.2, -0.15) is 0 Å². The lowest BCUT2D eigenvalue weighted by atomic mass is 9.86. The van der Waals surface area contributed by atoms with Gasteiger partial charge in [0.1, 0.15) is 6.61 Å². The van der Waals surface area contributed by atoms with Crippen LogP contribution in [0, 0.1) is 20.2 Å². The van der Waals surface area contributed by atoms with E-state index < -0.39 is 45.3 Å². The van der Waals surface area contributed by atoms with Gasteiger partial charge in [-0.05, 0) is 17.9 Å². The van der Waals surface area contributed by atoms with Crippen molar-refractivity contribution >= 4 is 11.4 Å². The normalized spacial score (nSPS) is 12.7. The van der Waals surface area contributed by atoms with Crippen LogP contribution in [0.3, 0.4) is 0 Å². The number of nitrogens with zero attached hydrogens (tertiary/aromatic N) is 2. The Hall–Kier alpha value is -2.26. The Balaban J connectivity index is 3.52. The van der Waals surface area contributed by atoms with E-state index >= 15 is 0 Å². The molecule has 0 radical (unpaired) electrons. The summed E-state index contributed by atoms with van der Waals surface area (Å²) >= 11 is 0. The zero-order valence-electron chi connectivity index (χ0n) is 13.4. The smallest absolute Gasteiger partial charge is 0.318 e. The third-order valence-corrected chi connectivity index (χ3v) is 3.06. The maximum absolute atomic E-state index is 11.3. The summed E-state index contributed by atoms with van der Waals surface area (Å²) in [5.74, 6) is -0.527. The fourth-order valence-corrected chi connectivity index (χ4v) is 1.86. The monoisotopic (exact) mass is 328 g/mol. The first kappa shape index (κ1) is 18.8. The van der Waals surface area contributed by atoms with Crippen molar-refractivity contribution in [2.45, 2.75) is 39.4 Å². The summed E-state index contributed by atoms with van der Waals surface area (Å²) in [5, 5.41) is 31.8. The fourth-order valence-electron chi connectivity index (χ4n) is 1.86. The van der Waals surface area contributed by atoms with E-state index in [0.717, 1.165) is 0 Å². The van der Waals surface area contributed by atoms with Crippen LogP contribution in [0.25, 0.3) is 0 Å². The molecule has 128 valence electrons. The molecule has 23 heavy (non-hydrogen) atoms. The van der Waals surface area contributed by atoms with Crippen molar-refractivity contribution in [3.05, 3.63) is 37.9 Å². The number of hydrogen-bond acceptors (Lipinski definition) is 7. The molecule has 0 spiro atoms. The molecule has 1 aromatic carbocycles. The molecular formula is C14H20N2O7. The van der Waals surface area contributed by atoms with Gasteiger partial charge in [0.25, 0.3) is 5.75 Å². The molecule has 0 aliphatic carbocycles. The molecule has 1 aromatic rings. The Morgan fingerprint density at radius 1 is 1.17 bits per heavy atom. The molecule has 0 amide bonds. The van der Waals surface area contributed by atoms with Gasteiger partial charge >= 0.3 is 11.4 Å². The molecule has 9 nitrogen and oxygen atoms in total. The van der Waals surface area contributed by atoms with E-state index in [4.69, 9.17) is 9.47 Å². The largest absolute Gasteiger partial charge is 0.450 e. The molecule has 0 heterocycles. The second-order valence-electron chi connectivity index (χ2n) is 5.79. The zero-order valence-corrected chi connectivity index (χ0v) is 13.4. The van der Waals surface area contributed by atoms with Crippen molar-refractivity contribution < 1.29 is 24.4 Å². The summed E-state index contributed by atoms with van der Waals surface area (Å²) in [6.45, 7) is 6.57. The number of hydrogen-bond donors (Lipinski definition) is 1. The Morgan fingerprint density at radius 3 is 1.96 bits per heavy atom. The van der Waals surface area contributed by atoms with E-state index in [1.54, 1.807) is 27.7 Å². The highest BCUT2D eigenvalue weighted by Gasteiger charge is 2.33. The topological polar surface area (TPSA) is 125 Å². The van der Waals surface area contributed by atoms with Crippen LogP contribution in [0.4, 0.5) is 11.4 Å². The van der Waals surface area contributed by atoms with Crippen molar-refractivity contribution in [3.8, 4) is 5.75 Å². The van der Waals surface area contributed by atoms with Crippen LogP contribution in [0.2, 0.25) is 0 Å². The molecule has 1 rings (SSSR count). The molecular weight excluding hydrogens is 308 g/mol. The number of aliphatic hydroxyl groups excluding tert-OH is 1. The first-order chi connectivity index (χ1) is 10.6. The van der Waals surface area contributed by atoms with Gasteiger partial charge in [0.15, 0.2) is 0 Å². The standard InChI is InChI=1S/C14H20N2O7/c1-5-22-12(8-17)23-13-10(15(18)19)6-9(14(2,3)4)7-11(13)16(20)21/h6-7,12,17H,5,8H2,1-4H3. The summed E-state index contributed by atoms with van der Waals surface area (Å²) < 4.78 is 10.2. The lowest BCUT2D eigenvalue weighted by Crippen LogP contribution is -2.25. The van der Waals surface area contributed by atoms with E-state index in [-0.39, 0.29) is 6.61 Å². The number of rotatable bonds is 7. The molecule has 0 aromatic heterocycles. The average Bonchev–Trinajstić information content (AvgIpc) is 2.44. The predicted molar refractivity (Wildman–Crippen MR) is 81.6 cm³/mol. The van der Waals surface area contributed by atoms with Gasteiger partial charge in [0.2, 0.25) is 6.29 Å². The quantitative estimate of drug-likeness (QED) is 0.463. The molecule has 0 saturated heterocycles. The van der Waals surface area contributed by atoms with Gasteiger partial charge in [-0.15, -0.1) is 0 Å². The lowest BCUT2D eigenvalue weighted by Gasteiger charge is -2.21. The second kappa shape index (κ2) is 7.34. The SMILES string of the molecule is CCOC(CO)Oc1c([N+](=O)[O-])cc(C(C)(C)C)cc1[N+](=O)[O-]. The van der Waals surface area contributed by atoms with Crippen LogP contribution in [0.1, 0.15) is 33.3 Å². The Labute approximate surface area is 133 Å². The van der Waals surface area contributed by atoms with Crippen molar-refractivity contribution in [2.75, 3.05) is 13.2 Å². The summed E-state index contributed by atoms with van der Waals surface area (Å²) in [6.07, 6.45) is -1.22. The maximum Gasteiger partial charge on any atom is 0.318 e. The zero-order chi connectivity index (χ0) is 17.8.